The Bertz CT molecular complexity index is 1130. The number of non-ortho nitro benzene ring substituents is 1. The van der Waals surface area contributed by atoms with Gasteiger partial charge >= 0.3 is 0 Å². The number of nitro groups is 1. The molecule has 184 valence electrons. The molecule has 0 saturated carbocycles. The lowest BCUT2D eigenvalue weighted by Gasteiger charge is -2.39. The summed E-state index contributed by atoms with van der Waals surface area (Å²) in [7, 11) is -3.92. The van der Waals surface area contributed by atoms with Crippen molar-refractivity contribution in [1.29, 1.82) is 0 Å². The first-order chi connectivity index (χ1) is 16.1. The quantitative estimate of drug-likeness (QED) is 0.426. The van der Waals surface area contributed by atoms with Crippen LogP contribution in [0.2, 0.25) is 0 Å². The number of nitrogens with one attached hydrogen (secondary N) is 1. The van der Waals surface area contributed by atoms with Gasteiger partial charge in [0.1, 0.15) is 6.04 Å². The largest absolute Gasteiger partial charge is 0.381 e. The second kappa shape index (κ2) is 10.5. The Balaban J connectivity index is 1.92. The molecule has 0 bridgehead atoms. The van der Waals surface area contributed by atoms with E-state index in [2.05, 4.69) is 5.32 Å². The molecule has 34 heavy (non-hydrogen) atoms. The van der Waals surface area contributed by atoms with Gasteiger partial charge in [-0.1, -0.05) is 43.3 Å². The molecule has 0 radical (unpaired) electrons. The standard InChI is InChI=1S/C24H31N3O6S/c1-4-21(26(34(3,31)32)22-16-20(27(29)30)11-10-18(22)2)23(28)25-17-24(12-14-33-15-13-24)19-8-6-5-7-9-19/h5-11,16,21H,4,12-15,17H2,1-3H3,(H,25,28)/t21-/m0/s1. The van der Waals surface area contributed by atoms with Gasteiger partial charge in [-0.2, -0.15) is 0 Å². The lowest BCUT2D eigenvalue weighted by molar-refractivity contribution is -0.384. The Morgan fingerprint density at radius 3 is 2.41 bits per heavy atom. The summed E-state index contributed by atoms with van der Waals surface area (Å²) in [6.45, 7) is 4.86. The van der Waals surface area contributed by atoms with Crippen LogP contribution < -0.4 is 9.62 Å². The number of aryl methyl sites for hydroxylation is 1. The van der Waals surface area contributed by atoms with Crippen LogP contribution in [0.5, 0.6) is 0 Å². The van der Waals surface area contributed by atoms with E-state index >= 15 is 0 Å². The van der Waals surface area contributed by atoms with Gasteiger partial charge in [-0.15, -0.1) is 0 Å². The van der Waals surface area contributed by atoms with Crippen molar-refractivity contribution in [2.75, 3.05) is 30.3 Å². The number of carbonyl (C=O) groups excluding carboxylic acids is 1. The van der Waals surface area contributed by atoms with Gasteiger partial charge in [0.15, 0.2) is 0 Å². The zero-order valence-corrected chi connectivity index (χ0v) is 20.5. The second-order valence-electron chi connectivity index (χ2n) is 8.69. The van der Waals surface area contributed by atoms with Gasteiger partial charge in [-0.25, -0.2) is 8.42 Å². The molecule has 0 spiro atoms. The van der Waals surface area contributed by atoms with Crippen LogP contribution in [0.25, 0.3) is 0 Å². The van der Waals surface area contributed by atoms with Gasteiger partial charge in [0.05, 0.1) is 16.9 Å². The molecular weight excluding hydrogens is 458 g/mol. The average Bonchev–Trinajstić information content (AvgIpc) is 2.82. The highest BCUT2D eigenvalue weighted by Gasteiger charge is 2.37. The molecule has 2 aromatic rings. The van der Waals surface area contributed by atoms with Crippen molar-refractivity contribution < 1.29 is 22.9 Å². The fourth-order valence-corrected chi connectivity index (χ4v) is 5.74. The third-order valence-corrected chi connectivity index (χ3v) is 7.57. The van der Waals surface area contributed by atoms with Crippen LogP contribution in [0, 0.1) is 17.0 Å². The maximum Gasteiger partial charge on any atom is 0.271 e. The normalized spacial score (nSPS) is 16.4. The molecule has 1 heterocycles. The maximum absolute atomic E-state index is 13.4. The molecule has 0 aromatic heterocycles. The van der Waals surface area contributed by atoms with Crippen LogP contribution in [0.1, 0.15) is 37.3 Å². The van der Waals surface area contributed by atoms with Gasteiger partial charge < -0.3 is 10.1 Å². The summed E-state index contributed by atoms with van der Waals surface area (Å²) < 4.78 is 32.2. The minimum Gasteiger partial charge on any atom is -0.381 e. The summed E-state index contributed by atoms with van der Waals surface area (Å²) in [6.07, 6.45) is 2.66. The predicted molar refractivity (Wildman–Crippen MR) is 130 cm³/mol. The highest BCUT2D eigenvalue weighted by Crippen LogP contribution is 2.35. The molecule has 1 amide bonds. The number of amides is 1. The van der Waals surface area contributed by atoms with E-state index < -0.39 is 26.9 Å². The number of hydrogen-bond donors (Lipinski definition) is 1. The fourth-order valence-electron chi connectivity index (χ4n) is 4.48. The number of ether oxygens (including phenoxy) is 1. The minimum atomic E-state index is -3.92. The summed E-state index contributed by atoms with van der Waals surface area (Å²) in [4.78, 5) is 24.1. The van der Waals surface area contributed by atoms with Crippen molar-refractivity contribution in [2.45, 2.75) is 44.6 Å². The Morgan fingerprint density at radius 1 is 1.21 bits per heavy atom. The number of nitro benzene ring substituents is 1. The first kappa shape index (κ1) is 25.6. The van der Waals surface area contributed by atoms with E-state index in [0.717, 1.165) is 29.0 Å². The van der Waals surface area contributed by atoms with Crippen LogP contribution >= 0.6 is 0 Å². The molecular formula is C24H31N3O6S. The molecule has 1 fully saturated rings. The third-order valence-electron chi connectivity index (χ3n) is 6.41. The smallest absolute Gasteiger partial charge is 0.271 e. The number of hydrogen-bond acceptors (Lipinski definition) is 6. The topological polar surface area (TPSA) is 119 Å². The molecule has 1 aliphatic heterocycles. The van der Waals surface area contributed by atoms with Crippen LogP contribution in [-0.4, -0.2) is 51.3 Å². The summed E-state index contributed by atoms with van der Waals surface area (Å²) in [5.74, 6) is -0.444. The molecule has 1 aliphatic rings. The fraction of sp³-hybridized carbons (Fsp3) is 0.458. The van der Waals surface area contributed by atoms with Crippen molar-refractivity contribution >= 4 is 27.3 Å². The Hall–Kier alpha value is -2.98. The van der Waals surface area contributed by atoms with Crippen molar-refractivity contribution in [3.8, 4) is 0 Å². The number of nitrogens with zero attached hydrogens (tertiary/aromatic N) is 2. The Labute approximate surface area is 200 Å². The average molecular weight is 490 g/mol. The van der Waals surface area contributed by atoms with Crippen molar-refractivity contribution in [3.63, 3.8) is 0 Å². The zero-order chi connectivity index (χ0) is 24.9. The van der Waals surface area contributed by atoms with Crippen molar-refractivity contribution in [2.24, 2.45) is 0 Å². The van der Waals surface area contributed by atoms with E-state index in [1.807, 2.05) is 30.3 Å². The highest BCUT2D eigenvalue weighted by molar-refractivity contribution is 7.92. The SMILES string of the molecule is CC[C@@H](C(=O)NCC1(c2ccccc2)CCOCC1)N(c1cc([N+](=O)[O-])ccc1C)S(C)(=O)=O. The van der Waals surface area contributed by atoms with Gasteiger partial charge in [-0.05, 0) is 37.3 Å². The summed E-state index contributed by atoms with van der Waals surface area (Å²) in [5.41, 5.74) is 1.19. The van der Waals surface area contributed by atoms with E-state index in [0.29, 0.717) is 25.3 Å². The Kier molecular flexibility index (Phi) is 7.93. The lowest BCUT2D eigenvalue weighted by atomic mass is 9.74. The molecule has 0 unspecified atom stereocenters. The van der Waals surface area contributed by atoms with Crippen LogP contribution in [-0.2, 0) is 25.0 Å². The second-order valence-corrected chi connectivity index (χ2v) is 10.5. The first-order valence-electron chi connectivity index (χ1n) is 11.2. The van der Waals surface area contributed by atoms with Gasteiger partial charge in [0.25, 0.3) is 5.69 Å². The summed E-state index contributed by atoms with van der Waals surface area (Å²) >= 11 is 0. The molecule has 10 heteroatoms. The first-order valence-corrected chi connectivity index (χ1v) is 13.1. The number of rotatable bonds is 9. The van der Waals surface area contributed by atoms with Gasteiger partial charge in [-0.3, -0.25) is 19.2 Å². The van der Waals surface area contributed by atoms with E-state index in [-0.39, 0.29) is 23.2 Å². The van der Waals surface area contributed by atoms with Gasteiger partial charge in [0, 0.05) is 37.3 Å². The molecule has 9 nitrogen and oxygen atoms in total. The molecule has 1 atom stereocenters. The highest BCUT2D eigenvalue weighted by atomic mass is 32.2. The predicted octanol–water partition coefficient (Wildman–Crippen LogP) is 3.31. The number of benzene rings is 2. The minimum absolute atomic E-state index is 0.127. The summed E-state index contributed by atoms with van der Waals surface area (Å²) in [5, 5.41) is 14.3. The van der Waals surface area contributed by atoms with E-state index in [9.17, 15) is 23.3 Å². The van der Waals surface area contributed by atoms with Crippen molar-refractivity contribution in [3.05, 3.63) is 69.8 Å². The number of carbonyl (C=O) groups is 1. The maximum atomic E-state index is 13.4. The summed E-state index contributed by atoms with van der Waals surface area (Å²) in [6, 6.07) is 12.9. The van der Waals surface area contributed by atoms with Crippen LogP contribution in [0.3, 0.4) is 0 Å². The van der Waals surface area contributed by atoms with Crippen molar-refractivity contribution in [1.82, 2.24) is 5.32 Å². The Morgan fingerprint density at radius 2 is 1.85 bits per heavy atom. The van der Waals surface area contributed by atoms with Crippen LogP contribution in [0.15, 0.2) is 48.5 Å². The third kappa shape index (κ3) is 5.56. The van der Waals surface area contributed by atoms with E-state index in [1.54, 1.807) is 13.8 Å². The molecule has 0 aliphatic carbocycles. The molecule has 3 rings (SSSR count). The number of anilines is 1. The number of sulfonamides is 1. The molecule has 2 aromatic carbocycles. The lowest BCUT2D eigenvalue weighted by Crippen LogP contribution is -2.53. The zero-order valence-electron chi connectivity index (χ0n) is 19.7. The monoisotopic (exact) mass is 489 g/mol. The molecule has 1 N–H and O–H groups in total. The van der Waals surface area contributed by atoms with Gasteiger partial charge in [0.2, 0.25) is 15.9 Å². The van der Waals surface area contributed by atoms with Crippen LogP contribution in [0.4, 0.5) is 11.4 Å². The molecule has 1 saturated heterocycles. The van der Waals surface area contributed by atoms with E-state index in [4.69, 9.17) is 4.74 Å². The van der Waals surface area contributed by atoms with E-state index in [1.165, 1.54) is 18.2 Å².